The largest absolute Gasteiger partial charge is 0.382 e. The van der Waals surface area contributed by atoms with Gasteiger partial charge in [0.1, 0.15) is 11.3 Å². The van der Waals surface area contributed by atoms with E-state index in [2.05, 4.69) is 33.9 Å². The SMILES string of the molecule is CCCCc1nc2c(N)nc3ccccc3c2n1CCCCNCCN. The van der Waals surface area contributed by atoms with E-state index >= 15 is 0 Å². The molecular formula is C20H30N6. The Bertz CT molecular complexity index is 854. The van der Waals surface area contributed by atoms with Gasteiger partial charge in [-0.1, -0.05) is 31.5 Å². The molecule has 2 aromatic heterocycles. The second-order valence-electron chi connectivity index (χ2n) is 6.74. The van der Waals surface area contributed by atoms with Crippen LogP contribution in [0.1, 0.15) is 38.4 Å². The summed E-state index contributed by atoms with van der Waals surface area (Å²) in [5.74, 6) is 1.65. The predicted molar refractivity (Wildman–Crippen MR) is 109 cm³/mol. The lowest BCUT2D eigenvalue weighted by Crippen LogP contribution is -2.23. The van der Waals surface area contributed by atoms with Crippen molar-refractivity contribution in [3.63, 3.8) is 0 Å². The molecule has 3 rings (SSSR count). The van der Waals surface area contributed by atoms with Crippen LogP contribution in [0, 0.1) is 0 Å². The van der Waals surface area contributed by atoms with Gasteiger partial charge in [-0.3, -0.25) is 0 Å². The zero-order chi connectivity index (χ0) is 18.4. The molecular weight excluding hydrogens is 324 g/mol. The van der Waals surface area contributed by atoms with Crippen LogP contribution in [0.4, 0.5) is 5.82 Å². The molecule has 0 amide bonds. The van der Waals surface area contributed by atoms with Crippen LogP contribution < -0.4 is 16.8 Å². The third-order valence-electron chi connectivity index (χ3n) is 4.75. The fourth-order valence-electron chi connectivity index (χ4n) is 3.42. The molecule has 0 aliphatic rings. The molecule has 0 aliphatic carbocycles. The summed E-state index contributed by atoms with van der Waals surface area (Å²) in [4.78, 5) is 9.42. The summed E-state index contributed by atoms with van der Waals surface area (Å²) in [6, 6.07) is 8.20. The number of pyridine rings is 1. The molecule has 3 aromatic rings. The quantitative estimate of drug-likeness (QED) is 0.487. The molecule has 0 spiro atoms. The molecule has 0 fully saturated rings. The van der Waals surface area contributed by atoms with Crippen molar-refractivity contribution in [3.05, 3.63) is 30.1 Å². The number of nitrogens with two attached hydrogens (primary N) is 2. The summed E-state index contributed by atoms with van der Waals surface area (Å²) >= 11 is 0. The Hall–Kier alpha value is -2.18. The van der Waals surface area contributed by atoms with E-state index in [0.29, 0.717) is 12.4 Å². The maximum atomic E-state index is 6.23. The summed E-state index contributed by atoms with van der Waals surface area (Å²) in [6.07, 6.45) is 5.47. The highest BCUT2D eigenvalue weighted by Crippen LogP contribution is 2.29. The highest BCUT2D eigenvalue weighted by Gasteiger charge is 2.16. The maximum Gasteiger partial charge on any atom is 0.152 e. The number of hydrogen-bond donors (Lipinski definition) is 3. The highest BCUT2D eigenvalue weighted by atomic mass is 15.1. The minimum absolute atomic E-state index is 0.528. The smallest absolute Gasteiger partial charge is 0.152 e. The van der Waals surface area contributed by atoms with Gasteiger partial charge < -0.3 is 21.4 Å². The number of para-hydroxylation sites is 1. The van der Waals surface area contributed by atoms with Crippen LogP contribution >= 0.6 is 0 Å². The molecule has 2 heterocycles. The van der Waals surface area contributed by atoms with Crippen LogP contribution in [-0.2, 0) is 13.0 Å². The zero-order valence-electron chi connectivity index (χ0n) is 15.7. The van der Waals surface area contributed by atoms with E-state index in [0.717, 1.165) is 79.5 Å². The standard InChI is InChI=1S/C20H30N6/c1-2-3-10-17-25-18-19(26(17)14-7-6-12-23-13-11-21)15-8-4-5-9-16(15)24-20(18)22/h4-5,8-9,23H,2-3,6-7,10-14,21H2,1H3,(H2,22,24). The third kappa shape index (κ3) is 3.97. The maximum absolute atomic E-state index is 6.23. The van der Waals surface area contributed by atoms with Crippen molar-refractivity contribution < 1.29 is 0 Å². The van der Waals surface area contributed by atoms with Gasteiger partial charge >= 0.3 is 0 Å². The third-order valence-corrected chi connectivity index (χ3v) is 4.75. The first-order chi connectivity index (χ1) is 12.8. The fourth-order valence-corrected chi connectivity index (χ4v) is 3.42. The summed E-state index contributed by atoms with van der Waals surface area (Å²) in [5, 5.41) is 4.49. The number of nitrogen functional groups attached to an aromatic ring is 1. The Labute approximate surface area is 155 Å². The molecule has 140 valence electrons. The first kappa shape index (κ1) is 18.6. The second-order valence-corrected chi connectivity index (χ2v) is 6.74. The van der Waals surface area contributed by atoms with E-state index < -0.39 is 0 Å². The number of fused-ring (bicyclic) bond motifs is 3. The van der Waals surface area contributed by atoms with E-state index in [1.807, 2.05) is 12.1 Å². The summed E-state index contributed by atoms with van der Waals surface area (Å²) < 4.78 is 2.37. The number of nitrogens with zero attached hydrogens (tertiary/aromatic N) is 3. The van der Waals surface area contributed by atoms with Gasteiger partial charge in [0.25, 0.3) is 0 Å². The lowest BCUT2D eigenvalue weighted by atomic mass is 10.2. The highest BCUT2D eigenvalue weighted by molar-refractivity contribution is 6.06. The number of rotatable bonds is 10. The average molecular weight is 355 g/mol. The lowest BCUT2D eigenvalue weighted by molar-refractivity contribution is 0.561. The van der Waals surface area contributed by atoms with Gasteiger partial charge in [-0.15, -0.1) is 0 Å². The molecule has 6 heteroatoms. The normalized spacial score (nSPS) is 11.6. The summed E-state index contributed by atoms with van der Waals surface area (Å²) in [5.41, 5.74) is 14.7. The van der Waals surface area contributed by atoms with Crippen LogP contribution in [0.2, 0.25) is 0 Å². The number of anilines is 1. The van der Waals surface area contributed by atoms with Crippen molar-refractivity contribution in [3.8, 4) is 0 Å². The summed E-state index contributed by atoms with van der Waals surface area (Å²) in [6.45, 7) is 5.72. The van der Waals surface area contributed by atoms with Gasteiger partial charge in [-0.05, 0) is 31.9 Å². The second kappa shape index (κ2) is 8.96. The van der Waals surface area contributed by atoms with E-state index in [1.54, 1.807) is 0 Å². The van der Waals surface area contributed by atoms with Gasteiger partial charge in [0.05, 0.1) is 11.0 Å². The van der Waals surface area contributed by atoms with Crippen LogP contribution in [0.25, 0.3) is 21.9 Å². The fraction of sp³-hybridized carbons (Fsp3) is 0.500. The Kier molecular flexibility index (Phi) is 6.41. The minimum atomic E-state index is 0.528. The molecule has 0 atom stereocenters. The number of imidazole rings is 1. The van der Waals surface area contributed by atoms with Crippen LogP contribution in [0.5, 0.6) is 0 Å². The van der Waals surface area contributed by atoms with Gasteiger partial charge in [0.15, 0.2) is 5.82 Å². The molecule has 0 bridgehead atoms. The number of aryl methyl sites for hydroxylation is 2. The molecule has 0 radical (unpaired) electrons. The van der Waals surface area contributed by atoms with E-state index in [9.17, 15) is 0 Å². The summed E-state index contributed by atoms with van der Waals surface area (Å²) in [7, 11) is 0. The number of benzene rings is 1. The first-order valence-corrected chi connectivity index (χ1v) is 9.70. The molecule has 0 aliphatic heterocycles. The average Bonchev–Trinajstić information content (AvgIpc) is 3.02. The van der Waals surface area contributed by atoms with Crippen molar-refractivity contribution in [2.45, 2.75) is 45.6 Å². The van der Waals surface area contributed by atoms with E-state index in [-0.39, 0.29) is 0 Å². The topological polar surface area (TPSA) is 94.8 Å². The van der Waals surface area contributed by atoms with Crippen molar-refractivity contribution in [1.82, 2.24) is 19.9 Å². The molecule has 0 saturated carbocycles. The van der Waals surface area contributed by atoms with Crippen molar-refractivity contribution in [2.75, 3.05) is 25.4 Å². The molecule has 1 aromatic carbocycles. The number of unbranched alkanes of at least 4 members (excludes halogenated alkanes) is 2. The van der Waals surface area contributed by atoms with Crippen molar-refractivity contribution >= 4 is 27.8 Å². The lowest BCUT2D eigenvalue weighted by Gasteiger charge is -2.11. The Morgan fingerprint density at radius 2 is 1.92 bits per heavy atom. The van der Waals surface area contributed by atoms with Gasteiger partial charge in [-0.2, -0.15) is 0 Å². The molecule has 0 unspecified atom stereocenters. The van der Waals surface area contributed by atoms with Gasteiger partial charge in [-0.25, -0.2) is 9.97 Å². The molecule has 6 nitrogen and oxygen atoms in total. The van der Waals surface area contributed by atoms with Crippen molar-refractivity contribution in [1.29, 1.82) is 0 Å². The van der Waals surface area contributed by atoms with Crippen molar-refractivity contribution in [2.24, 2.45) is 5.73 Å². The van der Waals surface area contributed by atoms with Crippen LogP contribution in [-0.4, -0.2) is 34.2 Å². The number of aromatic nitrogens is 3. The Balaban J connectivity index is 1.94. The van der Waals surface area contributed by atoms with E-state index in [4.69, 9.17) is 16.5 Å². The Morgan fingerprint density at radius 3 is 2.73 bits per heavy atom. The Morgan fingerprint density at radius 1 is 1.08 bits per heavy atom. The number of hydrogen-bond acceptors (Lipinski definition) is 5. The molecule has 5 N–H and O–H groups in total. The molecule has 26 heavy (non-hydrogen) atoms. The minimum Gasteiger partial charge on any atom is -0.382 e. The van der Waals surface area contributed by atoms with Crippen LogP contribution in [0.3, 0.4) is 0 Å². The van der Waals surface area contributed by atoms with Crippen LogP contribution in [0.15, 0.2) is 24.3 Å². The molecule has 0 saturated heterocycles. The van der Waals surface area contributed by atoms with E-state index in [1.165, 1.54) is 0 Å². The monoisotopic (exact) mass is 354 g/mol. The number of nitrogens with one attached hydrogen (secondary N) is 1. The zero-order valence-corrected chi connectivity index (χ0v) is 15.7. The van der Waals surface area contributed by atoms with Gasteiger partial charge in [0, 0.05) is 31.4 Å². The van der Waals surface area contributed by atoms with Gasteiger partial charge in [0.2, 0.25) is 0 Å². The predicted octanol–water partition coefficient (Wildman–Crippen LogP) is 2.84. The first-order valence-electron chi connectivity index (χ1n) is 9.70.